The molecule has 1 unspecified atom stereocenters. The van der Waals surface area contributed by atoms with Crippen LogP contribution in [0.4, 0.5) is 0 Å². The standard InChI is InChI=1S/C6H14ClOPS2/c1-5(2)8-9(7,10)11-6(3)4/h5-6H,1-4H3. The highest BCUT2D eigenvalue weighted by Crippen LogP contribution is 2.66. The number of hydrogen-bond acceptors (Lipinski definition) is 3. The summed E-state index contributed by atoms with van der Waals surface area (Å²) in [5.41, 5.74) is 0. The molecule has 0 N–H and O–H groups in total. The maximum absolute atomic E-state index is 5.99. The largest absolute Gasteiger partial charge is 0.328 e. The summed E-state index contributed by atoms with van der Waals surface area (Å²) in [5, 5.41) is 0.442. The highest BCUT2D eigenvalue weighted by molar-refractivity contribution is 8.76. The lowest BCUT2D eigenvalue weighted by atomic mass is 10.5. The van der Waals surface area contributed by atoms with Crippen molar-refractivity contribution >= 4 is 39.2 Å². The van der Waals surface area contributed by atoms with Crippen LogP contribution in [0, 0.1) is 0 Å². The van der Waals surface area contributed by atoms with Crippen molar-refractivity contribution in [2.45, 2.75) is 39.0 Å². The van der Waals surface area contributed by atoms with Gasteiger partial charge in [-0.05, 0) is 36.9 Å². The fourth-order valence-corrected chi connectivity index (χ4v) is 7.74. The molecule has 0 aromatic carbocycles. The second-order valence-corrected chi connectivity index (χ2v) is 12.0. The van der Waals surface area contributed by atoms with Crippen molar-refractivity contribution in [3.05, 3.63) is 0 Å². The van der Waals surface area contributed by atoms with Crippen molar-refractivity contribution in [3.63, 3.8) is 0 Å². The van der Waals surface area contributed by atoms with Gasteiger partial charge in [0.1, 0.15) is 0 Å². The Hall–Kier alpha value is 1.25. The predicted molar refractivity (Wildman–Crippen MR) is 59.1 cm³/mol. The molecule has 0 radical (unpaired) electrons. The minimum atomic E-state index is -2.08. The molecule has 0 bridgehead atoms. The Morgan fingerprint density at radius 2 is 1.82 bits per heavy atom. The maximum atomic E-state index is 5.99. The average molecular weight is 233 g/mol. The van der Waals surface area contributed by atoms with E-state index in [0.717, 1.165) is 0 Å². The van der Waals surface area contributed by atoms with Gasteiger partial charge < -0.3 is 4.52 Å². The molecule has 0 aliphatic rings. The zero-order chi connectivity index (χ0) is 9.07. The molecule has 1 atom stereocenters. The van der Waals surface area contributed by atoms with E-state index in [1.54, 1.807) is 11.4 Å². The quantitative estimate of drug-likeness (QED) is 0.678. The molecule has 5 heteroatoms. The minimum absolute atomic E-state index is 0.129. The zero-order valence-electron chi connectivity index (χ0n) is 7.20. The van der Waals surface area contributed by atoms with Gasteiger partial charge in [-0.2, -0.15) is 0 Å². The third-order valence-electron chi connectivity index (χ3n) is 0.673. The lowest BCUT2D eigenvalue weighted by Gasteiger charge is -2.18. The van der Waals surface area contributed by atoms with E-state index >= 15 is 0 Å². The van der Waals surface area contributed by atoms with Crippen LogP contribution in [0.25, 0.3) is 0 Å². The third kappa shape index (κ3) is 7.61. The van der Waals surface area contributed by atoms with Gasteiger partial charge in [0.2, 0.25) is 4.82 Å². The van der Waals surface area contributed by atoms with Gasteiger partial charge in [0.05, 0.1) is 6.10 Å². The highest BCUT2D eigenvalue weighted by atomic mass is 35.7. The van der Waals surface area contributed by atoms with Crippen molar-refractivity contribution in [2.24, 2.45) is 0 Å². The highest BCUT2D eigenvalue weighted by Gasteiger charge is 2.18. The van der Waals surface area contributed by atoms with E-state index in [4.69, 9.17) is 27.6 Å². The summed E-state index contributed by atoms with van der Waals surface area (Å²) in [6.45, 7) is 8.03. The molecule has 0 heterocycles. The first-order valence-corrected chi connectivity index (χ1v) is 8.61. The Morgan fingerprint density at radius 1 is 1.36 bits per heavy atom. The fraction of sp³-hybridized carbons (Fsp3) is 1.00. The molecule has 0 amide bonds. The Kier molecular flexibility index (Phi) is 5.66. The molecular formula is C6H14ClOPS2. The van der Waals surface area contributed by atoms with Crippen LogP contribution in [0.2, 0.25) is 0 Å². The topological polar surface area (TPSA) is 9.23 Å². The molecular weight excluding hydrogens is 219 g/mol. The van der Waals surface area contributed by atoms with Crippen LogP contribution < -0.4 is 0 Å². The molecule has 0 spiro atoms. The second kappa shape index (κ2) is 5.08. The summed E-state index contributed by atoms with van der Waals surface area (Å²) in [6.07, 6.45) is 0.129. The van der Waals surface area contributed by atoms with Crippen molar-refractivity contribution in [2.75, 3.05) is 0 Å². The van der Waals surface area contributed by atoms with Gasteiger partial charge >= 0.3 is 0 Å². The second-order valence-electron chi connectivity index (χ2n) is 2.74. The van der Waals surface area contributed by atoms with Gasteiger partial charge in [-0.15, -0.1) is 0 Å². The van der Waals surface area contributed by atoms with E-state index in [1.165, 1.54) is 0 Å². The maximum Gasteiger partial charge on any atom is 0.207 e. The van der Waals surface area contributed by atoms with Crippen LogP contribution in [0.3, 0.4) is 0 Å². The van der Waals surface area contributed by atoms with Crippen molar-refractivity contribution in [1.82, 2.24) is 0 Å². The molecule has 0 aromatic rings. The first-order valence-electron chi connectivity index (χ1n) is 3.50. The summed E-state index contributed by atoms with van der Waals surface area (Å²) in [6, 6.07) is 0. The molecule has 0 fully saturated rings. The van der Waals surface area contributed by atoms with Crippen LogP contribution in [-0.4, -0.2) is 11.4 Å². The van der Waals surface area contributed by atoms with E-state index < -0.39 is 4.82 Å². The fourth-order valence-electron chi connectivity index (χ4n) is 0.528. The van der Waals surface area contributed by atoms with E-state index in [0.29, 0.717) is 5.25 Å². The van der Waals surface area contributed by atoms with Crippen LogP contribution in [0.1, 0.15) is 27.7 Å². The molecule has 0 saturated heterocycles. The number of hydrogen-bond donors (Lipinski definition) is 0. The molecule has 0 aromatic heterocycles. The Morgan fingerprint density at radius 3 is 2.09 bits per heavy atom. The SMILES string of the molecule is CC(C)OP(=S)(Cl)SC(C)C. The van der Waals surface area contributed by atoms with E-state index in [2.05, 4.69) is 13.8 Å². The lowest BCUT2D eigenvalue weighted by Crippen LogP contribution is -1.97. The smallest absolute Gasteiger partial charge is 0.207 e. The van der Waals surface area contributed by atoms with Crippen LogP contribution in [0.5, 0.6) is 0 Å². The van der Waals surface area contributed by atoms with Gasteiger partial charge in [-0.1, -0.05) is 25.2 Å². The predicted octanol–water partition coefficient (Wildman–Crippen LogP) is 4.02. The molecule has 68 valence electrons. The molecule has 0 aliphatic heterocycles. The summed E-state index contributed by atoms with van der Waals surface area (Å²) in [4.78, 5) is -2.08. The van der Waals surface area contributed by atoms with Crippen molar-refractivity contribution in [3.8, 4) is 0 Å². The number of halogens is 1. The normalized spacial score (nSPS) is 17.4. The van der Waals surface area contributed by atoms with Gasteiger partial charge in [-0.3, -0.25) is 0 Å². The Labute approximate surface area is 82.9 Å². The van der Waals surface area contributed by atoms with Gasteiger partial charge in [-0.25, -0.2) is 0 Å². The Balaban J connectivity index is 3.91. The first-order chi connectivity index (χ1) is 4.83. The molecule has 0 rings (SSSR count). The molecule has 11 heavy (non-hydrogen) atoms. The number of rotatable bonds is 4. The van der Waals surface area contributed by atoms with E-state index in [9.17, 15) is 0 Å². The Bertz CT molecular complexity index is 147. The van der Waals surface area contributed by atoms with Crippen LogP contribution in [0.15, 0.2) is 0 Å². The molecule has 0 aliphatic carbocycles. The molecule has 1 nitrogen and oxygen atoms in total. The average Bonchev–Trinajstić information content (AvgIpc) is 1.53. The third-order valence-corrected chi connectivity index (χ3v) is 6.29. The van der Waals surface area contributed by atoms with Crippen molar-refractivity contribution in [1.29, 1.82) is 0 Å². The minimum Gasteiger partial charge on any atom is -0.328 e. The zero-order valence-corrected chi connectivity index (χ0v) is 10.5. The molecule has 0 saturated carbocycles. The van der Waals surface area contributed by atoms with Crippen LogP contribution in [-0.2, 0) is 16.3 Å². The lowest BCUT2D eigenvalue weighted by molar-refractivity contribution is 0.281. The monoisotopic (exact) mass is 232 g/mol. The van der Waals surface area contributed by atoms with Crippen LogP contribution >= 0.6 is 27.4 Å². The summed E-state index contributed by atoms with van der Waals surface area (Å²) in [7, 11) is 0. The summed E-state index contributed by atoms with van der Waals surface area (Å²) >= 11 is 12.7. The van der Waals surface area contributed by atoms with Crippen molar-refractivity contribution < 1.29 is 4.52 Å². The van der Waals surface area contributed by atoms with Gasteiger partial charge in [0, 0.05) is 5.25 Å². The first kappa shape index (κ1) is 12.2. The summed E-state index contributed by atoms with van der Waals surface area (Å²) in [5.74, 6) is 0. The van der Waals surface area contributed by atoms with Gasteiger partial charge in [0.15, 0.2) is 0 Å². The summed E-state index contributed by atoms with van der Waals surface area (Å²) < 4.78 is 5.40. The van der Waals surface area contributed by atoms with E-state index in [-0.39, 0.29) is 6.10 Å². The van der Waals surface area contributed by atoms with Gasteiger partial charge in [0.25, 0.3) is 0 Å². The van der Waals surface area contributed by atoms with E-state index in [1.807, 2.05) is 13.8 Å².